The molecular formula is C20H31F3N2O4. The first-order chi connectivity index (χ1) is 14.0. The summed E-state index contributed by atoms with van der Waals surface area (Å²) in [6.45, 7) is 3.67. The van der Waals surface area contributed by atoms with Gasteiger partial charge in [-0.1, -0.05) is 30.3 Å². The number of likely N-dealkylation sites (tertiary alicyclic amines) is 1. The normalized spacial score (nSPS) is 19.0. The van der Waals surface area contributed by atoms with Crippen molar-refractivity contribution in [1.29, 1.82) is 0 Å². The Morgan fingerprint density at radius 1 is 1.03 bits per heavy atom. The number of hydrogen-bond acceptors (Lipinski definition) is 6. The quantitative estimate of drug-likeness (QED) is 0.467. The Bertz CT molecular complexity index is 548. The van der Waals surface area contributed by atoms with E-state index in [2.05, 4.69) is 39.2 Å². The minimum Gasteiger partial charge on any atom is -0.377 e. The van der Waals surface area contributed by atoms with Crippen molar-refractivity contribution in [3.8, 4) is 0 Å². The summed E-state index contributed by atoms with van der Waals surface area (Å²) < 4.78 is 55.1. The van der Waals surface area contributed by atoms with Gasteiger partial charge in [-0.25, -0.2) is 0 Å². The molecule has 1 saturated heterocycles. The lowest BCUT2D eigenvalue weighted by Gasteiger charge is -2.24. The summed E-state index contributed by atoms with van der Waals surface area (Å²) in [7, 11) is 1.98. The molecule has 1 aromatic carbocycles. The predicted molar refractivity (Wildman–Crippen MR) is 103 cm³/mol. The summed E-state index contributed by atoms with van der Waals surface area (Å²) in [4.78, 5) is 2.40. The van der Waals surface area contributed by atoms with Gasteiger partial charge < -0.3 is 19.5 Å². The molecule has 2 atom stereocenters. The number of nitrogens with one attached hydrogen (secondary N) is 1. The summed E-state index contributed by atoms with van der Waals surface area (Å²) in [6.07, 6.45) is -3.42. The molecule has 0 aromatic heterocycles. The third-order valence-electron chi connectivity index (χ3n) is 4.67. The predicted octanol–water partition coefficient (Wildman–Crippen LogP) is 2.61. The summed E-state index contributed by atoms with van der Waals surface area (Å²) in [5.74, 6) is 0. The fourth-order valence-electron chi connectivity index (χ4n) is 3.22. The molecular weight excluding hydrogens is 389 g/mol. The van der Waals surface area contributed by atoms with Gasteiger partial charge in [0.1, 0.15) is 0 Å². The maximum absolute atomic E-state index is 11.8. The fraction of sp³-hybridized carbons (Fsp3) is 0.700. The molecule has 1 N–H and O–H groups in total. The van der Waals surface area contributed by atoms with E-state index in [9.17, 15) is 13.2 Å². The van der Waals surface area contributed by atoms with E-state index in [1.165, 1.54) is 5.56 Å². The summed E-state index contributed by atoms with van der Waals surface area (Å²) in [5, 5.41) is 3.37. The summed E-state index contributed by atoms with van der Waals surface area (Å²) in [5.41, 5.74) is 1.28. The number of nitrogens with zero attached hydrogens (tertiary/aromatic N) is 1. The zero-order valence-corrected chi connectivity index (χ0v) is 16.8. The van der Waals surface area contributed by atoms with E-state index in [0.29, 0.717) is 25.9 Å². The summed E-state index contributed by atoms with van der Waals surface area (Å²) in [6, 6.07) is 10.7. The van der Waals surface area contributed by atoms with E-state index < -0.39 is 13.0 Å². The maximum atomic E-state index is 11.8. The molecule has 0 saturated carbocycles. The second-order valence-corrected chi connectivity index (χ2v) is 6.81. The molecule has 0 amide bonds. The van der Waals surface area contributed by atoms with Gasteiger partial charge in [-0.2, -0.15) is 0 Å². The van der Waals surface area contributed by atoms with Crippen LogP contribution in [0.3, 0.4) is 0 Å². The van der Waals surface area contributed by atoms with Crippen LogP contribution >= 0.6 is 0 Å². The molecule has 0 bridgehead atoms. The van der Waals surface area contributed by atoms with Crippen LogP contribution < -0.4 is 5.32 Å². The summed E-state index contributed by atoms with van der Waals surface area (Å²) >= 11 is 0. The minimum absolute atomic E-state index is 0.117. The van der Waals surface area contributed by atoms with Gasteiger partial charge in [0.05, 0.1) is 45.7 Å². The van der Waals surface area contributed by atoms with Gasteiger partial charge in [-0.15, -0.1) is 13.2 Å². The standard InChI is InChI=1S/C20H31F3N2O4/c1-24-19(17-5-3-2-4-6-17)16-25-8-7-18(15-25)28-13-11-26-9-10-27-12-14-29-20(21,22)23/h2-6,18-19,24H,7-16H2,1H3. The van der Waals surface area contributed by atoms with Crippen LogP contribution in [-0.4, -0.2) is 83.7 Å². The minimum atomic E-state index is -4.61. The molecule has 1 fully saturated rings. The van der Waals surface area contributed by atoms with Gasteiger partial charge in [-0.3, -0.25) is 9.64 Å². The molecule has 1 aromatic rings. The molecule has 0 spiro atoms. The molecule has 6 nitrogen and oxygen atoms in total. The molecule has 0 aliphatic carbocycles. The van der Waals surface area contributed by atoms with Crippen LogP contribution in [0.1, 0.15) is 18.0 Å². The number of hydrogen-bond donors (Lipinski definition) is 1. The van der Waals surface area contributed by atoms with Crippen molar-refractivity contribution in [2.24, 2.45) is 0 Å². The Balaban J connectivity index is 1.47. The average Bonchev–Trinajstić information content (AvgIpc) is 3.14. The highest BCUT2D eigenvalue weighted by Gasteiger charge is 2.28. The third-order valence-corrected chi connectivity index (χ3v) is 4.67. The van der Waals surface area contributed by atoms with Gasteiger partial charge in [0.2, 0.25) is 0 Å². The Labute approximate surface area is 170 Å². The molecule has 1 heterocycles. The molecule has 2 unspecified atom stereocenters. The van der Waals surface area contributed by atoms with Crippen LogP contribution in [0.5, 0.6) is 0 Å². The molecule has 29 heavy (non-hydrogen) atoms. The first-order valence-electron chi connectivity index (χ1n) is 9.90. The van der Waals surface area contributed by atoms with Crippen molar-refractivity contribution < 1.29 is 32.1 Å². The number of ether oxygens (including phenoxy) is 4. The highest BCUT2D eigenvalue weighted by atomic mass is 19.4. The Morgan fingerprint density at radius 2 is 1.69 bits per heavy atom. The lowest BCUT2D eigenvalue weighted by atomic mass is 10.1. The lowest BCUT2D eigenvalue weighted by Crippen LogP contribution is -2.33. The second kappa shape index (κ2) is 13.1. The zero-order valence-electron chi connectivity index (χ0n) is 16.8. The number of alkyl halides is 3. The largest absolute Gasteiger partial charge is 0.522 e. The smallest absolute Gasteiger partial charge is 0.377 e. The zero-order chi connectivity index (χ0) is 21.0. The van der Waals surface area contributed by atoms with Crippen LogP contribution in [0, 0.1) is 0 Å². The first kappa shape index (κ1) is 24.0. The SMILES string of the molecule is CNC(CN1CCC(OCCOCCOCCOC(F)(F)F)C1)c1ccccc1. The van der Waals surface area contributed by atoms with Crippen LogP contribution in [0.15, 0.2) is 30.3 Å². The van der Waals surface area contributed by atoms with Crippen LogP contribution in [0.2, 0.25) is 0 Å². The van der Waals surface area contributed by atoms with Crippen molar-refractivity contribution in [3.63, 3.8) is 0 Å². The van der Waals surface area contributed by atoms with E-state index in [1.807, 2.05) is 13.1 Å². The van der Waals surface area contributed by atoms with Crippen LogP contribution in [-0.2, 0) is 18.9 Å². The van der Waals surface area contributed by atoms with Crippen molar-refractivity contribution >= 4 is 0 Å². The monoisotopic (exact) mass is 420 g/mol. The maximum Gasteiger partial charge on any atom is 0.522 e. The number of rotatable bonds is 14. The highest BCUT2D eigenvalue weighted by molar-refractivity contribution is 5.19. The van der Waals surface area contributed by atoms with Gasteiger partial charge >= 0.3 is 6.36 Å². The Hall–Kier alpha value is -1.23. The van der Waals surface area contributed by atoms with E-state index in [1.54, 1.807) is 0 Å². The van der Waals surface area contributed by atoms with Crippen molar-refractivity contribution in [1.82, 2.24) is 10.2 Å². The number of likely N-dealkylation sites (N-methyl/N-ethyl adjacent to an activating group) is 1. The molecule has 1 aliphatic heterocycles. The Kier molecular flexibility index (Phi) is 10.9. The first-order valence-corrected chi connectivity index (χ1v) is 9.90. The van der Waals surface area contributed by atoms with Crippen molar-refractivity contribution in [3.05, 3.63) is 35.9 Å². The second-order valence-electron chi connectivity index (χ2n) is 6.81. The van der Waals surface area contributed by atoms with Gasteiger partial charge in [0.25, 0.3) is 0 Å². The topological polar surface area (TPSA) is 52.2 Å². The molecule has 1 aliphatic rings. The van der Waals surface area contributed by atoms with E-state index >= 15 is 0 Å². The average molecular weight is 420 g/mol. The van der Waals surface area contributed by atoms with Crippen LogP contribution in [0.4, 0.5) is 13.2 Å². The Morgan fingerprint density at radius 3 is 2.34 bits per heavy atom. The highest BCUT2D eigenvalue weighted by Crippen LogP contribution is 2.19. The van der Waals surface area contributed by atoms with E-state index in [-0.39, 0.29) is 19.3 Å². The van der Waals surface area contributed by atoms with Crippen LogP contribution in [0.25, 0.3) is 0 Å². The molecule has 0 radical (unpaired) electrons. The lowest BCUT2D eigenvalue weighted by molar-refractivity contribution is -0.327. The third kappa shape index (κ3) is 10.4. The number of benzene rings is 1. The van der Waals surface area contributed by atoms with E-state index in [0.717, 1.165) is 26.1 Å². The van der Waals surface area contributed by atoms with Crippen molar-refractivity contribution in [2.45, 2.75) is 24.9 Å². The van der Waals surface area contributed by atoms with E-state index in [4.69, 9.17) is 14.2 Å². The van der Waals surface area contributed by atoms with Gasteiger partial charge in [0.15, 0.2) is 0 Å². The fourth-order valence-corrected chi connectivity index (χ4v) is 3.22. The number of halogens is 3. The van der Waals surface area contributed by atoms with Crippen molar-refractivity contribution in [2.75, 3.05) is 66.3 Å². The molecule has 9 heteroatoms. The molecule has 2 rings (SSSR count). The van der Waals surface area contributed by atoms with Gasteiger partial charge in [0, 0.05) is 25.7 Å². The van der Waals surface area contributed by atoms with Gasteiger partial charge in [-0.05, 0) is 19.0 Å². The molecule has 166 valence electrons.